The number of hydrogen-bond acceptors (Lipinski definition) is 2. The summed E-state index contributed by atoms with van der Waals surface area (Å²) in [5, 5.41) is 11.5. The largest absolute Gasteiger partial charge is 0.550 e. The SMILES string of the molecule is Cc1ccc(-n2c(CCC(=O)[O-])ccc2-c2ccccc2)cc1Cl. The average molecular weight is 339 g/mol. The van der Waals surface area contributed by atoms with Crippen molar-refractivity contribution >= 4 is 17.6 Å². The Morgan fingerprint density at radius 1 is 1.08 bits per heavy atom. The van der Waals surface area contributed by atoms with Crippen molar-refractivity contribution in [3.63, 3.8) is 0 Å². The molecular weight excluding hydrogens is 322 g/mol. The number of carbonyl (C=O) groups is 1. The highest BCUT2D eigenvalue weighted by molar-refractivity contribution is 6.31. The molecule has 0 N–H and O–H groups in total. The Balaban J connectivity index is 2.13. The van der Waals surface area contributed by atoms with Crippen LogP contribution >= 0.6 is 11.6 Å². The molecule has 0 spiro atoms. The first-order valence-electron chi connectivity index (χ1n) is 7.78. The molecule has 0 atom stereocenters. The smallest absolute Gasteiger partial charge is 0.0531 e. The van der Waals surface area contributed by atoms with Gasteiger partial charge in [-0.1, -0.05) is 48.0 Å². The third kappa shape index (κ3) is 3.36. The fourth-order valence-electron chi connectivity index (χ4n) is 2.76. The quantitative estimate of drug-likeness (QED) is 0.710. The number of aryl methyl sites for hydroxylation is 2. The van der Waals surface area contributed by atoms with Crippen LogP contribution in [-0.4, -0.2) is 10.5 Å². The Kier molecular flexibility index (Phi) is 4.72. The maximum absolute atomic E-state index is 10.9. The molecule has 122 valence electrons. The summed E-state index contributed by atoms with van der Waals surface area (Å²) < 4.78 is 2.06. The van der Waals surface area contributed by atoms with Gasteiger partial charge in [0.15, 0.2) is 0 Å². The third-order valence-electron chi connectivity index (χ3n) is 4.03. The second-order valence-electron chi connectivity index (χ2n) is 5.72. The summed E-state index contributed by atoms with van der Waals surface area (Å²) >= 11 is 6.29. The Morgan fingerprint density at radius 3 is 2.50 bits per heavy atom. The molecule has 0 aliphatic rings. The molecule has 3 rings (SSSR count). The van der Waals surface area contributed by atoms with Crippen LogP contribution in [-0.2, 0) is 11.2 Å². The van der Waals surface area contributed by atoms with E-state index in [0.717, 1.165) is 28.2 Å². The lowest BCUT2D eigenvalue weighted by Crippen LogP contribution is -2.22. The van der Waals surface area contributed by atoms with Crippen LogP contribution in [0.2, 0.25) is 5.02 Å². The standard InChI is InChI=1S/C20H18ClNO2/c1-14-7-8-17(13-18(14)21)22-16(10-12-20(23)24)9-11-19(22)15-5-3-2-4-6-15/h2-9,11,13H,10,12H2,1H3,(H,23,24)/p-1. The molecular formula is C20H17ClNO2-. The monoisotopic (exact) mass is 338 g/mol. The number of rotatable bonds is 5. The van der Waals surface area contributed by atoms with Crippen LogP contribution < -0.4 is 5.11 Å². The summed E-state index contributed by atoms with van der Waals surface area (Å²) in [5.41, 5.74) is 4.91. The molecule has 0 amide bonds. The van der Waals surface area contributed by atoms with Crippen molar-refractivity contribution < 1.29 is 9.90 Å². The van der Waals surface area contributed by atoms with Gasteiger partial charge in [-0.05, 0) is 55.2 Å². The molecule has 0 saturated heterocycles. The number of benzene rings is 2. The molecule has 0 unspecified atom stereocenters. The summed E-state index contributed by atoms with van der Waals surface area (Å²) in [7, 11) is 0. The molecule has 3 aromatic rings. The first-order chi connectivity index (χ1) is 11.6. The molecule has 0 aliphatic heterocycles. The van der Waals surface area contributed by atoms with E-state index in [9.17, 15) is 9.90 Å². The van der Waals surface area contributed by atoms with Crippen molar-refractivity contribution in [2.24, 2.45) is 0 Å². The highest BCUT2D eigenvalue weighted by Gasteiger charge is 2.12. The first kappa shape index (κ1) is 16.3. The van der Waals surface area contributed by atoms with E-state index in [-0.39, 0.29) is 6.42 Å². The van der Waals surface area contributed by atoms with Gasteiger partial charge in [-0.3, -0.25) is 0 Å². The fourth-order valence-corrected chi connectivity index (χ4v) is 2.94. The normalized spacial score (nSPS) is 10.8. The van der Waals surface area contributed by atoms with Crippen LogP contribution in [0.3, 0.4) is 0 Å². The van der Waals surface area contributed by atoms with Crippen LogP contribution in [0.1, 0.15) is 17.7 Å². The number of hydrogen-bond donors (Lipinski definition) is 0. The number of carbonyl (C=O) groups excluding carboxylic acids is 1. The van der Waals surface area contributed by atoms with Gasteiger partial charge >= 0.3 is 0 Å². The van der Waals surface area contributed by atoms with Gasteiger partial charge in [0.05, 0.1) is 5.69 Å². The molecule has 3 nitrogen and oxygen atoms in total. The van der Waals surface area contributed by atoms with Gasteiger partial charge in [0.2, 0.25) is 0 Å². The van der Waals surface area contributed by atoms with Crippen molar-refractivity contribution in [1.29, 1.82) is 0 Å². The number of nitrogens with zero attached hydrogens (tertiary/aromatic N) is 1. The highest BCUT2D eigenvalue weighted by atomic mass is 35.5. The highest BCUT2D eigenvalue weighted by Crippen LogP contribution is 2.29. The van der Waals surface area contributed by atoms with E-state index in [1.54, 1.807) is 0 Å². The second kappa shape index (κ2) is 6.93. The molecule has 1 aromatic heterocycles. The van der Waals surface area contributed by atoms with Crippen molar-refractivity contribution in [3.05, 3.63) is 76.9 Å². The van der Waals surface area contributed by atoms with E-state index in [1.165, 1.54) is 0 Å². The van der Waals surface area contributed by atoms with Crippen LogP contribution in [0, 0.1) is 6.92 Å². The summed E-state index contributed by atoms with van der Waals surface area (Å²) in [4.78, 5) is 10.9. The minimum absolute atomic E-state index is 0.0160. The summed E-state index contributed by atoms with van der Waals surface area (Å²) in [5.74, 6) is -1.05. The molecule has 0 bridgehead atoms. The number of aromatic nitrogens is 1. The van der Waals surface area contributed by atoms with Crippen LogP contribution in [0.4, 0.5) is 0 Å². The van der Waals surface area contributed by atoms with E-state index in [0.29, 0.717) is 11.4 Å². The van der Waals surface area contributed by atoms with Crippen molar-refractivity contribution in [1.82, 2.24) is 4.57 Å². The lowest BCUT2D eigenvalue weighted by molar-refractivity contribution is -0.305. The summed E-state index contributed by atoms with van der Waals surface area (Å²) in [6.07, 6.45) is 0.387. The second-order valence-corrected chi connectivity index (χ2v) is 6.12. The molecule has 0 aliphatic carbocycles. The average Bonchev–Trinajstić information content (AvgIpc) is 3.00. The maximum Gasteiger partial charge on any atom is 0.0531 e. The summed E-state index contributed by atoms with van der Waals surface area (Å²) in [6.45, 7) is 1.96. The topological polar surface area (TPSA) is 45.1 Å². The van der Waals surface area contributed by atoms with Crippen LogP contribution in [0.25, 0.3) is 16.9 Å². The Hall–Kier alpha value is -2.52. The predicted octanol–water partition coefficient (Wildman–Crippen LogP) is 3.79. The zero-order valence-electron chi connectivity index (χ0n) is 13.3. The molecule has 0 radical (unpaired) electrons. The first-order valence-corrected chi connectivity index (χ1v) is 8.16. The number of carboxylic acid groups (broad SMARTS) is 1. The van der Waals surface area contributed by atoms with Gasteiger partial charge < -0.3 is 14.5 Å². The van der Waals surface area contributed by atoms with Gasteiger partial charge in [0, 0.05) is 22.4 Å². The molecule has 2 aromatic carbocycles. The minimum atomic E-state index is -1.05. The lowest BCUT2D eigenvalue weighted by Gasteiger charge is -2.15. The Bertz CT molecular complexity index is 869. The number of carboxylic acids is 1. The van der Waals surface area contributed by atoms with E-state index < -0.39 is 5.97 Å². The Labute approximate surface area is 146 Å². The van der Waals surface area contributed by atoms with E-state index in [4.69, 9.17) is 11.6 Å². The predicted molar refractivity (Wildman–Crippen MR) is 94.3 cm³/mol. The zero-order chi connectivity index (χ0) is 17.1. The fraction of sp³-hybridized carbons (Fsp3) is 0.150. The van der Waals surface area contributed by atoms with Crippen molar-refractivity contribution in [2.45, 2.75) is 19.8 Å². The third-order valence-corrected chi connectivity index (χ3v) is 4.44. The number of aliphatic carboxylic acids is 1. The van der Waals surface area contributed by atoms with Gasteiger partial charge in [0.1, 0.15) is 0 Å². The summed E-state index contributed by atoms with van der Waals surface area (Å²) in [6, 6.07) is 19.8. The van der Waals surface area contributed by atoms with Gasteiger partial charge in [-0.25, -0.2) is 0 Å². The van der Waals surface area contributed by atoms with Gasteiger partial charge in [0.25, 0.3) is 0 Å². The van der Waals surface area contributed by atoms with Crippen molar-refractivity contribution in [3.8, 4) is 16.9 Å². The maximum atomic E-state index is 10.9. The number of halogens is 1. The molecule has 1 heterocycles. The molecule has 0 saturated carbocycles. The molecule has 24 heavy (non-hydrogen) atoms. The zero-order valence-corrected chi connectivity index (χ0v) is 14.1. The molecule has 4 heteroatoms. The van der Waals surface area contributed by atoms with E-state index in [2.05, 4.69) is 4.57 Å². The van der Waals surface area contributed by atoms with Crippen molar-refractivity contribution in [2.75, 3.05) is 0 Å². The molecule has 0 fully saturated rings. The van der Waals surface area contributed by atoms with E-state index >= 15 is 0 Å². The van der Waals surface area contributed by atoms with Crippen LogP contribution in [0.15, 0.2) is 60.7 Å². The van der Waals surface area contributed by atoms with Gasteiger partial charge in [-0.15, -0.1) is 0 Å². The Morgan fingerprint density at radius 2 is 1.83 bits per heavy atom. The van der Waals surface area contributed by atoms with E-state index in [1.807, 2.05) is 67.6 Å². The lowest BCUT2D eigenvalue weighted by atomic mass is 10.1. The van der Waals surface area contributed by atoms with Gasteiger partial charge in [-0.2, -0.15) is 0 Å². The van der Waals surface area contributed by atoms with Crippen LogP contribution in [0.5, 0.6) is 0 Å². The minimum Gasteiger partial charge on any atom is -0.550 e.